The Morgan fingerprint density at radius 3 is 1.51 bits per heavy atom. The number of aliphatic carboxylic acids is 1. The number of rotatable bonds is 40. The summed E-state index contributed by atoms with van der Waals surface area (Å²) < 4.78 is 17.3. The quantitative estimate of drug-likeness (QED) is 0.0286. The first-order chi connectivity index (χ1) is 26.6. The molecule has 0 aromatic rings. The minimum atomic E-state index is -0.876. The Morgan fingerprint density at radius 1 is 0.564 bits per heavy atom. The van der Waals surface area contributed by atoms with Crippen LogP contribution in [0.5, 0.6) is 0 Å². The van der Waals surface area contributed by atoms with Crippen molar-refractivity contribution >= 4 is 17.9 Å². The van der Waals surface area contributed by atoms with Crippen LogP contribution in [0.3, 0.4) is 0 Å². The molecule has 0 spiro atoms. The standard InChI is InChI=1S/C47H85NO7/c1-6-8-10-12-14-16-18-20-22-24-25-27-29-31-33-35-37-45(49)54-42-43(41-53-40-39-44(47(51)52)48(3,4)5)55-46(50)38-36-34-32-30-28-26-23-21-19-17-15-13-11-9-7-2/h8,10,14,16,20,22,43-44H,6-7,9,11-13,15,17-19,21,23-42H2,1-5H3/p+1/b10-8+,16-14+,22-20+. The van der Waals surface area contributed by atoms with Gasteiger partial charge < -0.3 is 23.8 Å². The summed E-state index contributed by atoms with van der Waals surface area (Å²) in [4.78, 5) is 37.0. The van der Waals surface area contributed by atoms with Gasteiger partial charge in [-0.05, 0) is 44.9 Å². The number of ether oxygens (including phenoxy) is 3. The van der Waals surface area contributed by atoms with Crippen LogP contribution in [0, 0.1) is 0 Å². The maximum absolute atomic E-state index is 12.7. The first-order valence-corrected chi connectivity index (χ1v) is 22.5. The van der Waals surface area contributed by atoms with E-state index < -0.39 is 18.1 Å². The van der Waals surface area contributed by atoms with Gasteiger partial charge in [0, 0.05) is 19.3 Å². The second-order valence-electron chi connectivity index (χ2n) is 16.3. The van der Waals surface area contributed by atoms with E-state index >= 15 is 0 Å². The van der Waals surface area contributed by atoms with Crippen LogP contribution in [0.4, 0.5) is 0 Å². The molecule has 0 saturated carbocycles. The number of hydrogen-bond acceptors (Lipinski definition) is 6. The summed E-state index contributed by atoms with van der Waals surface area (Å²) >= 11 is 0. The van der Waals surface area contributed by atoms with E-state index in [4.69, 9.17) is 14.2 Å². The Balaban J connectivity index is 4.33. The summed E-state index contributed by atoms with van der Waals surface area (Å²) in [5, 5.41) is 9.62. The summed E-state index contributed by atoms with van der Waals surface area (Å²) in [6.45, 7) is 4.63. The zero-order valence-corrected chi connectivity index (χ0v) is 36.4. The molecular formula is C47H86NO7+. The Bertz CT molecular complexity index is 1000. The molecule has 320 valence electrons. The lowest BCUT2D eigenvalue weighted by atomic mass is 10.0. The average Bonchev–Trinajstić information content (AvgIpc) is 3.14. The van der Waals surface area contributed by atoms with Crippen molar-refractivity contribution in [2.24, 2.45) is 0 Å². The highest BCUT2D eigenvalue weighted by molar-refractivity contribution is 5.72. The van der Waals surface area contributed by atoms with E-state index in [1.165, 1.54) is 89.9 Å². The number of carboxylic acid groups (broad SMARTS) is 1. The van der Waals surface area contributed by atoms with Gasteiger partial charge in [-0.15, -0.1) is 0 Å². The molecule has 0 radical (unpaired) electrons. The molecule has 0 aliphatic carbocycles. The van der Waals surface area contributed by atoms with E-state index in [2.05, 4.69) is 50.3 Å². The highest BCUT2D eigenvalue weighted by Gasteiger charge is 2.31. The zero-order chi connectivity index (χ0) is 40.7. The molecule has 8 nitrogen and oxygen atoms in total. The first kappa shape index (κ1) is 52.6. The van der Waals surface area contributed by atoms with Crippen LogP contribution < -0.4 is 0 Å². The van der Waals surface area contributed by atoms with Gasteiger partial charge in [0.05, 0.1) is 34.4 Å². The second kappa shape index (κ2) is 38.4. The minimum absolute atomic E-state index is 0.0552. The van der Waals surface area contributed by atoms with Crippen LogP contribution >= 0.6 is 0 Å². The fourth-order valence-corrected chi connectivity index (χ4v) is 6.58. The number of esters is 2. The van der Waals surface area contributed by atoms with Crippen molar-refractivity contribution in [3.05, 3.63) is 36.5 Å². The molecule has 0 rings (SSSR count). The van der Waals surface area contributed by atoms with E-state index in [0.29, 0.717) is 19.3 Å². The number of hydrogen-bond donors (Lipinski definition) is 1. The van der Waals surface area contributed by atoms with Gasteiger partial charge >= 0.3 is 17.9 Å². The average molecular weight is 777 g/mol. The van der Waals surface area contributed by atoms with Crippen LogP contribution in [0.15, 0.2) is 36.5 Å². The Hall–Kier alpha value is -2.45. The van der Waals surface area contributed by atoms with Gasteiger partial charge in [0.2, 0.25) is 0 Å². The van der Waals surface area contributed by atoms with E-state index in [1.807, 2.05) is 21.1 Å². The van der Waals surface area contributed by atoms with Crippen molar-refractivity contribution in [3.63, 3.8) is 0 Å². The molecule has 1 N–H and O–H groups in total. The molecule has 0 saturated heterocycles. The number of carboxylic acids is 1. The second-order valence-corrected chi connectivity index (χ2v) is 16.3. The molecule has 2 unspecified atom stereocenters. The molecule has 0 aromatic heterocycles. The summed E-state index contributed by atoms with van der Waals surface area (Å²) in [5.74, 6) is -1.48. The summed E-state index contributed by atoms with van der Waals surface area (Å²) in [6, 6.07) is -0.614. The molecular weight excluding hydrogens is 691 g/mol. The molecule has 0 aliphatic rings. The van der Waals surface area contributed by atoms with E-state index in [1.54, 1.807) is 0 Å². The van der Waals surface area contributed by atoms with Gasteiger partial charge in [-0.25, -0.2) is 4.79 Å². The van der Waals surface area contributed by atoms with Gasteiger partial charge in [0.1, 0.15) is 6.61 Å². The topological polar surface area (TPSA) is 99.1 Å². The molecule has 55 heavy (non-hydrogen) atoms. The third-order valence-electron chi connectivity index (χ3n) is 10.1. The molecule has 0 heterocycles. The van der Waals surface area contributed by atoms with E-state index in [0.717, 1.165) is 70.6 Å². The lowest BCUT2D eigenvalue weighted by Gasteiger charge is -2.31. The SMILES string of the molecule is CC/C=C/C/C=C/C/C=C/CCCCCCCCC(=O)OCC(COCCC(C(=O)O)[N+](C)(C)C)OC(=O)CCCCCCCCCCCCCCCCC. The van der Waals surface area contributed by atoms with E-state index in [9.17, 15) is 19.5 Å². The van der Waals surface area contributed by atoms with Gasteiger partial charge in [-0.2, -0.15) is 0 Å². The maximum Gasteiger partial charge on any atom is 0.362 e. The number of likely N-dealkylation sites (N-methyl/N-ethyl adjacent to an activating group) is 1. The van der Waals surface area contributed by atoms with Crippen molar-refractivity contribution in [3.8, 4) is 0 Å². The first-order valence-electron chi connectivity index (χ1n) is 22.5. The van der Waals surface area contributed by atoms with E-state index in [-0.39, 0.29) is 36.2 Å². The summed E-state index contributed by atoms with van der Waals surface area (Å²) in [6.07, 6.45) is 43.2. The maximum atomic E-state index is 12.7. The Kier molecular flexibility index (Phi) is 36.7. The molecule has 8 heteroatoms. The molecule has 2 atom stereocenters. The Morgan fingerprint density at radius 2 is 1.02 bits per heavy atom. The molecule has 0 bridgehead atoms. The summed E-state index contributed by atoms with van der Waals surface area (Å²) in [7, 11) is 5.53. The lowest BCUT2D eigenvalue weighted by molar-refractivity contribution is -0.887. The normalized spacial score (nSPS) is 13.3. The largest absolute Gasteiger partial charge is 0.477 e. The van der Waals surface area contributed by atoms with Crippen molar-refractivity contribution < 1.29 is 38.2 Å². The van der Waals surface area contributed by atoms with Crippen molar-refractivity contribution in [1.82, 2.24) is 0 Å². The van der Waals surface area contributed by atoms with Crippen molar-refractivity contribution in [2.45, 2.75) is 206 Å². The number of carbonyl (C=O) groups is 3. The monoisotopic (exact) mass is 777 g/mol. The van der Waals surface area contributed by atoms with Gasteiger partial charge in [0.25, 0.3) is 0 Å². The number of nitrogens with zero attached hydrogens (tertiary/aromatic N) is 1. The summed E-state index contributed by atoms with van der Waals surface area (Å²) in [5.41, 5.74) is 0. The van der Waals surface area contributed by atoms with Crippen LogP contribution in [-0.4, -0.2) is 80.6 Å². The fourth-order valence-electron chi connectivity index (χ4n) is 6.58. The lowest BCUT2D eigenvalue weighted by Crippen LogP contribution is -2.50. The third kappa shape index (κ3) is 36.9. The van der Waals surface area contributed by atoms with Gasteiger partial charge in [0.15, 0.2) is 12.1 Å². The zero-order valence-electron chi connectivity index (χ0n) is 36.4. The highest BCUT2D eigenvalue weighted by Crippen LogP contribution is 2.15. The number of quaternary nitrogens is 1. The number of allylic oxidation sites excluding steroid dienone is 6. The molecule has 0 aliphatic heterocycles. The smallest absolute Gasteiger partial charge is 0.362 e. The molecule has 0 aromatic carbocycles. The third-order valence-corrected chi connectivity index (χ3v) is 10.1. The van der Waals surface area contributed by atoms with Crippen LogP contribution in [0.1, 0.15) is 194 Å². The predicted octanol–water partition coefficient (Wildman–Crippen LogP) is 12.2. The van der Waals surface area contributed by atoms with Crippen molar-refractivity contribution in [1.29, 1.82) is 0 Å². The molecule has 0 amide bonds. The van der Waals surface area contributed by atoms with Gasteiger partial charge in [-0.1, -0.05) is 166 Å². The van der Waals surface area contributed by atoms with Crippen LogP contribution in [0.2, 0.25) is 0 Å². The Labute approximate surface area is 338 Å². The van der Waals surface area contributed by atoms with Crippen molar-refractivity contribution in [2.75, 3.05) is 41.0 Å². The fraction of sp³-hybridized carbons (Fsp3) is 0.809. The number of unbranched alkanes of at least 4 members (excludes halogenated alkanes) is 20. The highest BCUT2D eigenvalue weighted by atomic mass is 16.6. The van der Waals surface area contributed by atoms with Crippen LogP contribution in [-0.2, 0) is 28.6 Å². The number of carbonyl (C=O) groups excluding carboxylic acids is 2. The predicted molar refractivity (Wildman–Crippen MR) is 229 cm³/mol. The van der Waals surface area contributed by atoms with Gasteiger partial charge in [-0.3, -0.25) is 9.59 Å². The van der Waals surface area contributed by atoms with Crippen LogP contribution in [0.25, 0.3) is 0 Å². The molecule has 0 fully saturated rings. The minimum Gasteiger partial charge on any atom is -0.477 e.